The lowest BCUT2D eigenvalue weighted by Gasteiger charge is -2.14. The van der Waals surface area contributed by atoms with Crippen LogP contribution in [0.2, 0.25) is 0 Å². The van der Waals surface area contributed by atoms with Gasteiger partial charge in [0, 0.05) is 24.3 Å². The molecule has 1 heterocycles. The van der Waals surface area contributed by atoms with Crippen LogP contribution in [0.25, 0.3) is 0 Å². The highest BCUT2D eigenvalue weighted by atomic mass is 15.3. The summed E-state index contributed by atoms with van der Waals surface area (Å²) in [5.74, 6) is 0. The Balaban J connectivity index is 2.42. The van der Waals surface area contributed by atoms with E-state index >= 15 is 0 Å². The van der Waals surface area contributed by atoms with Crippen LogP contribution in [0.4, 0.5) is 0 Å². The molecular weight excluding hydrogens is 188 g/mol. The van der Waals surface area contributed by atoms with E-state index in [0.717, 1.165) is 26.1 Å². The van der Waals surface area contributed by atoms with Crippen molar-refractivity contribution in [2.75, 3.05) is 20.1 Å². The van der Waals surface area contributed by atoms with Gasteiger partial charge in [0.1, 0.15) is 0 Å². The molecule has 15 heavy (non-hydrogen) atoms. The lowest BCUT2D eigenvalue weighted by Crippen LogP contribution is -2.21. The SMILES string of the molecule is CC(C)n1cc(CN(C)CCCN)cn1. The smallest absolute Gasteiger partial charge is 0.0534 e. The Bertz CT molecular complexity index is 280. The zero-order chi connectivity index (χ0) is 11.3. The Kier molecular flexibility index (Phi) is 4.78. The Morgan fingerprint density at radius 1 is 1.53 bits per heavy atom. The van der Waals surface area contributed by atoms with Crippen molar-refractivity contribution < 1.29 is 0 Å². The van der Waals surface area contributed by atoms with E-state index in [-0.39, 0.29) is 0 Å². The highest BCUT2D eigenvalue weighted by Crippen LogP contribution is 2.07. The molecule has 0 aromatic carbocycles. The Morgan fingerprint density at radius 2 is 2.27 bits per heavy atom. The molecule has 2 N–H and O–H groups in total. The van der Waals surface area contributed by atoms with Crippen molar-refractivity contribution in [2.45, 2.75) is 32.9 Å². The molecule has 0 spiro atoms. The van der Waals surface area contributed by atoms with E-state index in [0.29, 0.717) is 6.04 Å². The molecule has 0 aliphatic heterocycles. The minimum Gasteiger partial charge on any atom is -0.330 e. The van der Waals surface area contributed by atoms with E-state index in [1.165, 1.54) is 5.56 Å². The van der Waals surface area contributed by atoms with Gasteiger partial charge in [0.05, 0.1) is 6.20 Å². The maximum atomic E-state index is 5.47. The first-order valence-corrected chi connectivity index (χ1v) is 5.55. The quantitative estimate of drug-likeness (QED) is 0.768. The zero-order valence-corrected chi connectivity index (χ0v) is 9.98. The summed E-state index contributed by atoms with van der Waals surface area (Å²) in [6.45, 7) is 7.02. The molecule has 1 aromatic heterocycles. The maximum absolute atomic E-state index is 5.47. The summed E-state index contributed by atoms with van der Waals surface area (Å²) in [5, 5.41) is 4.31. The third kappa shape index (κ3) is 4.01. The van der Waals surface area contributed by atoms with Gasteiger partial charge in [-0.1, -0.05) is 0 Å². The van der Waals surface area contributed by atoms with Crippen LogP contribution in [-0.2, 0) is 6.54 Å². The predicted octanol–water partition coefficient (Wildman–Crippen LogP) is 1.24. The van der Waals surface area contributed by atoms with Gasteiger partial charge in [0.25, 0.3) is 0 Å². The Labute approximate surface area is 92.1 Å². The van der Waals surface area contributed by atoms with Crippen molar-refractivity contribution in [1.82, 2.24) is 14.7 Å². The van der Waals surface area contributed by atoms with Gasteiger partial charge in [-0.25, -0.2) is 0 Å². The second-order valence-corrected chi connectivity index (χ2v) is 4.30. The first kappa shape index (κ1) is 12.2. The van der Waals surface area contributed by atoms with Gasteiger partial charge in [-0.15, -0.1) is 0 Å². The van der Waals surface area contributed by atoms with Crippen LogP contribution in [-0.4, -0.2) is 34.8 Å². The van der Waals surface area contributed by atoms with Gasteiger partial charge < -0.3 is 10.6 Å². The molecular formula is C11H22N4. The summed E-state index contributed by atoms with van der Waals surface area (Å²) in [5.41, 5.74) is 6.74. The molecule has 0 saturated carbocycles. The highest BCUT2D eigenvalue weighted by Gasteiger charge is 2.04. The van der Waals surface area contributed by atoms with Crippen molar-refractivity contribution in [3.8, 4) is 0 Å². The molecule has 0 fully saturated rings. The van der Waals surface area contributed by atoms with E-state index in [2.05, 4.69) is 37.1 Å². The molecule has 0 aliphatic carbocycles. The van der Waals surface area contributed by atoms with Crippen molar-refractivity contribution >= 4 is 0 Å². The number of aromatic nitrogens is 2. The fraction of sp³-hybridized carbons (Fsp3) is 0.727. The number of nitrogens with zero attached hydrogens (tertiary/aromatic N) is 3. The number of nitrogens with two attached hydrogens (primary N) is 1. The zero-order valence-electron chi connectivity index (χ0n) is 9.98. The van der Waals surface area contributed by atoms with E-state index in [9.17, 15) is 0 Å². The second-order valence-electron chi connectivity index (χ2n) is 4.30. The first-order valence-electron chi connectivity index (χ1n) is 5.55. The van der Waals surface area contributed by atoms with Gasteiger partial charge in [0.15, 0.2) is 0 Å². The minimum absolute atomic E-state index is 0.438. The van der Waals surface area contributed by atoms with Crippen LogP contribution >= 0.6 is 0 Å². The third-order valence-corrected chi connectivity index (χ3v) is 2.38. The average molecular weight is 210 g/mol. The van der Waals surface area contributed by atoms with Gasteiger partial charge >= 0.3 is 0 Å². The second kappa shape index (κ2) is 5.88. The lowest BCUT2D eigenvalue weighted by molar-refractivity contribution is 0.324. The van der Waals surface area contributed by atoms with E-state index in [1.807, 2.05) is 10.9 Å². The summed E-state index contributed by atoms with van der Waals surface area (Å²) in [6.07, 6.45) is 5.11. The molecule has 0 amide bonds. The summed E-state index contributed by atoms with van der Waals surface area (Å²) in [4.78, 5) is 2.27. The Morgan fingerprint density at radius 3 is 2.80 bits per heavy atom. The predicted molar refractivity (Wildman–Crippen MR) is 62.6 cm³/mol. The van der Waals surface area contributed by atoms with E-state index < -0.39 is 0 Å². The highest BCUT2D eigenvalue weighted by molar-refractivity contribution is 5.03. The molecule has 4 heteroatoms. The van der Waals surface area contributed by atoms with Gasteiger partial charge in [-0.2, -0.15) is 5.10 Å². The van der Waals surface area contributed by atoms with Crippen LogP contribution in [0.15, 0.2) is 12.4 Å². The lowest BCUT2D eigenvalue weighted by atomic mass is 10.3. The molecule has 0 atom stereocenters. The molecule has 0 unspecified atom stereocenters. The largest absolute Gasteiger partial charge is 0.330 e. The summed E-state index contributed by atoms with van der Waals surface area (Å²) in [6, 6.07) is 0.438. The van der Waals surface area contributed by atoms with E-state index in [1.54, 1.807) is 0 Å². The fourth-order valence-corrected chi connectivity index (χ4v) is 1.49. The van der Waals surface area contributed by atoms with E-state index in [4.69, 9.17) is 5.73 Å². The standard InChI is InChI=1S/C11H22N4/c1-10(2)15-9-11(7-13-15)8-14(3)6-4-5-12/h7,9-10H,4-6,8,12H2,1-3H3. The fourth-order valence-electron chi connectivity index (χ4n) is 1.49. The normalized spacial score (nSPS) is 11.6. The van der Waals surface area contributed by atoms with Crippen LogP contribution < -0.4 is 5.73 Å². The van der Waals surface area contributed by atoms with Gasteiger partial charge in [-0.05, 0) is 40.4 Å². The average Bonchev–Trinajstić information content (AvgIpc) is 2.63. The van der Waals surface area contributed by atoms with Crippen molar-refractivity contribution in [3.63, 3.8) is 0 Å². The van der Waals surface area contributed by atoms with Crippen LogP contribution in [0.3, 0.4) is 0 Å². The van der Waals surface area contributed by atoms with Gasteiger partial charge in [-0.3, -0.25) is 4.68 Å². The minimum atomic E-state index is 0.438. The van der Waals surface area contributed by atoms with Crippen molar-refractivity contribution in [1.29, 1.82) is 0 Å². The van der Waals surface area contributed by atoms with Gasteiger partial charge in [0.2, 0.25) is 0 Å². The molecule has 1 rings (SSSR count). The summed E-state index contributed by atoms with van der Waals surface area (Å²) in [7, 11) is 2.11. The molecule has 0 aliphatic rings. The number of hydrogen-bond acceptors (Lipinski definition) is 3. The molecule has 0 radical (unpaired) electrons. The number of rotatable bonds is 6. The maximum Gasteiger partial charge on any atom is 0.0534 e. The third-order valence-electron chi connectivity index (χ3n) is 2.38. The monoisotopic (exact) mass is 210 g/mol. The molecule has 0 saturated heterocycles. The van der Waals surface area contributed by atoms with Crippen LogP contribution in [0.1, 0.15) is 31.9 Å². The molecule has 4 nitrogen and oxygen atoms in total. The number of hydrogen-bond donors (Lipinski definition) is 1. The first-order chi connectivity index (χ1) is 7.13. The topological polar surface area (TPSA) is 47.1 Å². The molecule has 86 valence electrons. The Hall–Kier alpha value is -0.870. The van der Waals surface area contributed by atoms with Crippen molar-refractivity contribution in [3.05, 3.63) is 18.0 Å². The van der Waals surface area contributed by atoms with Crippen molar-refractivity contribution in [2.24, 2.45) is 5.73 Å². The summed E-state index contributed by atoms with van der Waals surface area (Å²) < 4.78 is 1.99. The molecule has 1 aromatic rings. The van der Waals surface area contributed by atoms with Crippen LogP contribution in [0, 0.1) is 0 Å². The van der Waals surface area contributed by atoms with Crippen LogP contribution in [0.5, 0.6) is 0 Å². The summed E-state index contributed by atoms with van der Waals surface area (Å²) >= 11 is 0. The molecule has 0 bridgehead atoms.